The molecule has 30 heavy (non-hydrogen) atoms. The smallest absolute Gasteiger partial charge is 0.497 e. The molecule has 0 saturated heterocycles. The maximum atomic E-state index is 14.3. The third-order valence-corrected chi connectivity index (χ3v) is 4.32. The summed E-state index contributed by atoms with van der Waals surface area (Å²) in [5, 5.41) is 0.171. The van der Waals surface area contributed by atoms with Gasteiger partial charge in [0, 0.05) is 23.6 Å². The van der Waals surface area contributed by atoms with Crippen molar-refractivity contribution >= 4 is 21.8 Å². The Kier molecular flexibility index (Phi) is 4.73. The van der Waals surface area contributed by atoms with Crippen molar-refractivity contribution < 1.29 is 31.8 Å². The first kappa shape index (κ1) is 19.6. The molecule has 154 valence electrons. The maximum absolute atomic E-state index is 14.3. The highest BCUT2D eigenvalue weighted by Crippen LogP contribution is 2.29. The Hall–Kier alpha value is -3.75. The lowest BCUT2D eigenvalue weighted by Crippen LogP contribution is -2.16. The van der Waals surface area contributed by atoms with Gasteiger partial charge in [-0.05, 0) is 36.4 Å². The molecule has 0 aliphatic carbocycles. The monoisotopic (exact) mass is 419 g/mol. The van der Waals surface area contributed by atoms with Crippen molar-refractivity contribution in [2.24, 2.45) is 0 Å². The van der Waals surface area contributed by atoms with Gasteiger partial charge < -0.3 is 19.2 Å². The summed E-state index contributed by atoms with van der Waals surface area (Å²) in [7, 11) is 1.39. The van der Waals surface area contributed by atoms with E-state index in [2.05, 4.69) is 9.72 Å². The number of H-pyrrole nitrogens is 1. The molecule has 0 fully saturated rings. The van der Waals surface area contributed by atoms with Crippen LogP contribution in [0.3, 0.4) is 0 Å². The normalized spacial score (nSPS) is 11.6. The highest BCUT2D eigenvalue weighted by Gasteiger charge is 2.31. The first-order valence-electron chi connectivity index (χ1n) is 8.60. The molecule has 5 nitrogen and oxygen atoms in total. The number of halogens is 4. The third kappa shape index (κ3) is 3.86. The lowest BCUT2D eigenvalue weighted by molar-refractivity contribution is -0.274. The maximum Gasteiger partial charge on any atom is 0.573 e. The second-order valence-electron chi connectivity index (χ2n) is 6.31. The van der Waals surface area contributed by atoms with E-state index in [-0.39, 0.29) is 33.5 Å². The van der Waals surface area contributed by atoms with Crippen LogP contribution in [0.1, 0.15) is 0 Å². The zero-order valence-corrected chi connectivity index (χ0v) is 15.3. The molecular weight excluding hydrogens is 406 g/mol. The van der Waals surface area contributed by atoms with Crippen molar-refractivity contribution in [3.8, 4) is 23.0 Å². The SMILES string of the molecule is COc1cc(F)c2c(=O)c3ccc(Oc4ccc(OC(F)(F)F)cc4)cc3[nH]c2c1. The van der Waals surface area contributed by atoms with E-state index in [1.807, 2.05) is 0 Å². The first-order chi connectivity index (χ1) is 14.2. The summed E-state index contributed by atoms with van der Waals surface area (Å²) in [6.45, 7) is 0. The van der Waals surface area contributed by atoms with Crippen molar-refractivity contribution in [3.05, 3.63) is 70.6 Å². The average Bonchev–Trinajstić information content (AvgIpc) is 2.68. The van der Waals surface area contributed by atoms with Gasteiger partial charge in [0.1, 0.15) is 28.8 Å². The van der Waals surface area contributed by atoms with E-state index >= 15 is 0 Å². The number of hydrogen-bond donors (Lipinski definition) is 1. The Balaban J connectivity index is 1.69. The number of methoxy groups -OCH3 is 1. The van der Waals surface area contributed by atoms with Gasteiger partial charge in [-0.1, -0.05) is 0 Å². The van der Waals surface area contributed by atoms with E-state index < -0.39 is 17.6 Å². The van der Waals surface area contributed by atoms with Crippen LogP contribution in [0.2, 0.25) is 0 Å². The fraction of sp³-hybridized carbons (Fsp3) is 0.0952. The zero-order valence-electron chi connectivity index (χ0n) is 15.3. The summed E-state index contributed by atoms with van der Waals surface area (Å²) in [6, 6.07) is 12.0. The molecule has 1 aromatic heterocycles. The Morgan fingerprint density at radius 2 is 1.47 bits per heavy atom. The van der Waals surface area contributed by atoms with Crippen LogP contribution in [0.15, 0.2) is 59.4 Å². The number of aromatic nitrogens is 1. The van der Waals surface area contributed by atoms with Crippen LogP contribution in [0.25, 0.3) is 21.8 Å². The van der Waals surface area contributed by atoms with E-state index in [4.69, 9.17) is 9.47 Å². The molecule has 4 aromatic rings. The molecular formula is C21H13F4NO4. The largest absolute Gasteiger partial charge is 0.573 e. The zero-order chi connectivity index (χ0) is 21.5. The van der Waals surface area contributed by atoms with Gasteiger partial charge in [-0.25, -0.2) is 4.39 Å². The van der Waals surface area contributed by atoms with E-state index in [1.54, 1.807) is 0 Å². The molecule has 0 spiro atoms. The van der Waals surface area contributed by atoms with Crippen molar-refractivity contribution in [3.63, 3.8) is 0 Å². The molecule has 0 aliphatic rings. The molecule has 3 aromatic carbocycles. The summed E-state index contributed by atoms with van der Waals surface area (Å²) >= 11 is 0. The summed E-state index contributed by atoms with van der Waals surface area (Å²) in [4.78, 5) is 15.7. The van der Waals surface area contributed by atoms with Crippen molar-refractivity contribution in [1.29, 1.82) is 0 Å². The lowest BCUT2D eigenvalue weighted by Gasteiger charge is -2.11. The summed E-state index contributed by atoms with van der Waals surface area (Å²) in [5.74, 6) is -0.234. The minimum Gasteiger partial charge on any atom is -0.497 e. The minimum absolute atomic E-state index is 0.0859. The number of rotatable bonds is 4. The summed E-state index contributed by atoms with van der Waals surface area (Å²) in [5.41, 5.74) is 0.170. The quantitative estimate of drug-likeness (QED) is 0.350. The van der Waals surface area contributed by atoms with E-state index in [0.717, 1.165) is 18.2 Å². The molecule has 0 saturated carbocycles. The van der Waals surface area contributed by atoms with Crippen LogP contribution >= 0.6 is 0 Å². The Morgan fingerprint density at radius 1 is 0.833 bits per heavy atom. The predicted octanol–water partition coefficient (Wildman–Crippen LogP) is 5.52. The van der Waals surface area contributed by atoms with Crippen LogP contribution < -0.4 is 19.6 Å². The van der Waals surface area contributed by atoms with Gasteiger partial charge in [-0.15, -0.1) is 13.2 Å². The highest BCUT2D eigenvalue weighted by molar-refractivity contribution is 5.93. The molecule has 0 amide bonds. The second-order valence-corrected chi connectivity index (χ2v) is 6.31. The van der Waals surface area contributed by atoms with Crippen molar-refractivity contribution in [2.75, 3.05) is 7.11 Å². The third-order valence-electron chi connectivity index (χ3n) is 4.32. The standard InChI is InChI=1S/C21H13F4NO4/c1-28-14-8-16(22)19-18(10-14)26-17-9-13(6-7-15(17)20(19)27)29-11-2-4-12(5-3-11)30-21(23,24)25/h2-10H,1H3,(H,26,27). The minimum atomic E-state index is -4.78. The van der Waals surface area contributed by atoms with E-state index in [1.165, 1.54) is 43.5 Å². The van der Waals surface area contributed by atoms with Gasteiger partial charge in [-0.3, -0.25) is 4.79 Å². The number of aromatic amines is 1. The van der Waals surface area contributed by atoms with Crippen LogP contribution in [0.4, 0.5) is 17.6 Å². The van der Waals surface area contributed by atoms with Crippen LogP contribution in [-0.2, 0) is 0 Å². The van der Waals surface area contributed by atoms with Gasteiger partial charge in [0.25, 0.3) is 0 Å². The topological polar surface area (TPSA) is 60.6 Å². The number of fused-ring (bicyclic) bond motifs is 2. The van der Waals surface area contributed by atoms with E-state index in [0.29, 0.717) is 11.3 Å². The van der Waals surface area contributed by atoms with E-state index in [9.17, 15) is 22.4 Å². The number of ether oxygens (including phenoxy) is 3. The number of nitrogens with one attached hydrogen (secondary N) is 1. The average molecular weight is 419 g/mol. The van der Waals surface area contributed by atoms with Crippen molar-refractivity contribution in [2.45, 2.75) is 6.36 Å². The molecule has 4 rings (SSSR count). The Labute approximate surface area is 166 Å². The highest BCUT2D eigenvalue weighted by atomic mass is 19.4. The fourth-order valence-electron chi connectivity index (χ4n) is 3.04. The second kappa shape index (κ2) is 7.25. The predicted molar refractivity (Wildman–Crippen MR) is 102 cm³/mol. The Bertz CT molecular complexity index is 1300. The number of benzene rings is 3. The molecule has 0 radical (unpaired) electrons. The van der Waals surface area contributed by atoms with Gasteiger partial charge in [0.15, 0.2) is 5.43 Å². The molecule has 0 bridgehead atoms. The molecule has 9 heteroatoms. The molecule has 1 N–H and O–H groups in total. The van der Waals surface area contributed by atoms with Gasteiger partial charge in [0.05, 0.1) is 23.5 Å². The van der Waals surface area contributed by atoms with Gasteiger partial charge in [0.2, 0.25) is 0 Å². The summed E-state index contributed by atoms with van der Waals surface area (Å²) in [6.07, 6.45) is -4.78. The number of hydrogen-bond acceptors (Lipinski definition) is 4. The van der Waals surface area contributed by atoms with Gasteiger partial charge in [-0.2, -0.15) is 0 Å². The van der Waals surface area contributed by atoms with Crippen LogP contribution in [0, 0.1) is 5.82 Å². The molecule has 0 aliphatic heterocycles. The number of pyridine rings is 1. The molecule has 0 atom stereocenters. The van der Waals surface area contributed by atoms with Gasteiger partial charge >= 0.3 is 6.36 Å². The molecule has 0 unspecified atom stereocenters. The van der Waals surface area contributed by atoms with Crippen LogP contribution in [-0.4, -0.2) is 18.5 Å². The van der Waals surface area contributed by atoms with Crippen LogP contribution in [0.5, 0.6) is 23.0 Å². The summed E-state index contributed by atoms with van der Waals surface area (Å²) < 4.78 is 65.5. The fourth-order valence-corrected chi connectivity index (χ4v) is 3.04. The first-order valence-corrected chi connectivity index (χ1v) is 8.60. The van der Waals surface area contributed by atoms with Crippen molar-refractivity contribution in [1.82, 2.24) is 4.98 Å². The Morgan fingerprint density at radius 3 is 2.13 bits per heavy atom. The lowest BCUT2D eigenvalue weighted by atomic mass is 10.1. The molecule has 1 heterocycles. The number of alkyl halides is 3.